The van der Waals surface area contributed by atoms with Crippen LogP contribution in [-0.2, 0) is 9.59 Å². The number of hydrogen-bond donors (Lipinski definition) is 2. The van der Waals surface area contributed by atoms with Crippen molar-refractivity contribution in [3.8, 4) is 0 Å². The van der Waals surface area contributed by atoms with Crippen LogP contribution in [0.5, 0.6) is 0 Å². The number of primary amides is 1. The van der Waals surface area contributed by atoms with Crippen molar-refractivity contribution in [2.45, 2.75) is 37.0 Å². The summed E-state index contributed by atoms with van der Waals surface area (Å²) in [6.45, 7) is 2.66. The smallest absolute Gasteiger partial charge is 0.325 e. The summed E-state index contributed by atoms with van der Waals surface area (Å²) >= 11 is 1.38. The molecule has 2 heterocycles. The molecule has 2 aromatic carbocycles. The van der Waals surface area contributed by atoms with Crippen molar-refractivity contribution in [1.82, 2.24) is 9.97 Å². The third-order valence-electron chi connectivity index (χ3n) is 6.03. The van der Waals surface area contributed by atoms with Gasteiger partial charge in [-0.3, -0.25) is 4.79 Å². The Morgan fingerprint density at radius 2 is 1.93 bits per heavy atom. The second kappa shape index (κ2) is 8.00. The van der Waals surface area contributed by atoms with Crippen molar-refractivity contribution < 1.29 is 14.1 Å². The van der Waals surface area contributed by atoms with E-state index in [1.165, 1.54) is 11.8 Å². The van der Waals surface area contributed by atoms with Crippen molar-refractivity contribution >= 4 is 34.6 Å². The average molecular weight is 410 g/mol. The van der Waals surface area contributed by atoms with Crippen molar-refractivity contribution in [3.05, 3.63) is 60.2 Å². The molecular formula is C22H25N4O2S+. The summed E-state index contributed by atoms with van der Waals surface area (Å²) in [7, 11) is 0. The predicted molar refractivity (Wildman–Crippen MR) is 114 cm³/mol. The molecule has 1 aliphatic heterocycles. The molecule has 6 nitrogen and oxygen atoms in total. The Hall–Kier alpha value is -2.64. The number of carbonyl (C=O) groups excluding carboxylic acids is 2. The summed E-state index contributed by atoms with van der Waals surface area (Å²) in [5, 5.41) is 0.708. The standard InChI is InChI=1S/C22H24N4O2S/c1-15(16-8-3-2-4-9-16)26(13-7-12-19(26)21(23)28)20(27)14-29-22-24-17-10-5-6-11-18(17)25-22/h2-6,8-11,15,19H,7,12-14H2,1H3,(H2-,23,24,25,28)/p+1/t15-,19-,26?/m0/s1. The number of fused-ring (bicyclic) bond motifs is 1. The molecule has 3 atom stereocenters. The lowest BCUT2D eigenvalue weighted by Crippen LogP contribution is -2.61. The number of thioether (sulfide) groups is 1. The van der Waals surface area contributed by atoms with Gasteiger partial charge in [0.15, 0.2) is 11.2 Å². The normalized spacial score (nSPS) is 22.6. The summed E-state index contributed by atoms with van der Waals surface area (Å²) in [6.07, 6.45) is 1.46. The fraction of sp³-hybridized carbons (Fsp3) is 0.318. The molecule has 3 aromatic rings. The van der Waals surface area contributed by atoms with Crippen LogP contribution in [0.2, 0.25) is 0 Å². The van der Waals surface area contributed by atoms with E-state index in [1.807, 2.05) is 61.5 Å². The van der Waals surface area contributed by atoms with E-state index in [0.29, 0.717) is 18.1 Å². The number of nitrogens with one attached hydrogen (secondary N) is 1. The minimum atomic E-state index is -0.492. The van der Waals surface area contributed by atoms with E-state index in [4.69, 9.17) is 5.73 Å². The summed E-state index contributed by atoms with van der Waals surface area (Å²) in [4.78, 5) is 33.7. The maximum absolute atomic E-state index is 13.6. The molecule has 3 N–H and O–H groups in total. The second-order valence-electron chi connectivity index (χ2n) is 7.54. The van der Waals surface area contributed by atoms with Gasteiger partial charge in [0.05, 0.1) is 17.6 Å². The van der Waals surface area contributed by atoms with Gasteiger partial charge in [0, 0.05) is 18.4 Å². The first-order chi connectivity index (χ1) is 14.0. The number of carbonyl (C=O) groups is 2. The van der Waals surface area contributed by atoms with Crippen LogP contribution in [0.4, 0.5) is 0 Å². The zero-order valence-electron chi connectivity index (χ0n) is 16.4. The Kier molecular flexibility index (Phi) is 5.43. The Balaban J connectivity index is 1.62. The molecule has 1 aliphatic rings. The highest BCUT2D eigenvalue weighted by Gasteiger charge is 2.54. The van der Waals surface area contributed by atoms with Crippen LogP contribution in [0.25, 0.3) is 11.0 Å². The minimum Gasteiger partial charge on any atom is -0.364 e. The average Bonchev–Trinajstić information content (AvgIpc) is 3.37. The maximum Gasteiger partial charge on any atom is 0.325 e. The van der Waals surface area contributed by atoms with Gasteiger partial charge in [-0.15, -0.1) is 0 Å². The van der Waals surface area contributed by atoms with Crippen LogP contribution in [0.3, 0.4) is 0 Å². The van der Waals surface area contributed by atoms with Crippen LogP contribution in [0, 0.1) is 0 Å². The zero-order valence-corrected chi connectivity index (χ0v) is 17.2. The Morgan fingerprint density at radius 3 is 2.66 bits per heavy atom. The van der Waals surface area contributed by atoms with E-state index >= 15 is 0 Å². The van der Waals surface area contributed by atoms with Gasteiger partial charge < -0.3 is 10.7 Å². The highest BCUT2D eigenvalue weighted by molar-refractivity contribution is 7.99. The van der Waals surface area contributed by atoms with Gasteiger partial charge in [-0.25, -0.2) is 14.3 Å². The van der Waals surface area contributed by atoms with E-state index in [0.717, 1.165) is 23.0 Å². The lowest BCUT2D eigenvalue weighted by Gasteiger charge is -2.41. The molecule has 0 aliphatic carbocycles. The third kappa shape index (κ3) is 3.56. The molecule has 1 fully saturated rings. The number of aromatic amines is 1. The molecule has 0 saturated carbocycles. The van der Waals surface area contributed by atoms with E-state index in [9.17, 15) is 9.59 Å². The number of hydrogen-bond acceptors (Lipinski definition) is 4. The van der Waals surface area contributed by atoms with E-state index < -0.39 is 11.9 Å². The molecule has 7 heteroatoms. The van der Waals surface area contributed by atoms with Crippen molar-refractivity contribution in [3.63, 3.8) is 0 Å². The highest BCUT2D eigenvalue weighted by Crippen LogP contribution is 2.39. The second-order valence-corrected chi connectivity index (χ2v) is 8.51. The number of benzene rings is 2. The minimum absolute atomic E-state index is 0.0214. The van der Waals surface area contributed by atoms with Crippen molar-refractivity contribution in [2.75, 3.05) is 12.3 Å². The van der Waals surface area contributed by atoms with Crippen LogP contribution in [-0.4, -0.2) is 44.6 Å². The van der Waals surface area contributed by atoms with Crippen molar-refractivity contribution in [1.29, 1.82) is 0 Å². The van der Waals surface area contributed by atoms with Gasteiger partial charge >= 0.3 is 5.91 Å². The molecule has 1 unspecified atom stereocenters. The van der Waals surface area contributed by atoms with Crippen LogP contribution in [0.1, 0.15) is 31.4 Å². The number of likely N-dealkylation sites (tertiary alicyclic amines) is 1. The lowest BCUT2D eigenvalue weighted by molar-refractivity contribution is -0.885. The molecule has 1 saturated heterocycles. The van der Waals surface area contributed by atoms with Crippen LogP contribution in [0.15, 0.2) is 59.8 Å². The maximum atomic E-state index is 13.6. The number of H-pyrrole nitrogens is 1. The number of imidazole rings is 1. The quantitative estimate of drug-likeness (QED) is 0.482. The SMILES string of the molecule is C[C@@H](c1ccccc1)[N+]1(C(=O)CSc2nc3ccccc3[nH]2)CCC[C@H]1C(N)=O. The molecular weight excluding hydrogens is 384 g/mol. The molecule has 0 radical (unpaired) electrons. The first-order valence-electron chi connectivity index (χ1n) is 9.85. The fourth-order valence-electron chi connectivity index (χ4n) is 4.53. The van der Waals surface area contributed by atoms with Gasteiger partial charge in [-0.2, -0.15) is 0 Å². The van der Waals surface area contributed by atoms with Gasteiger partial charge in [0.2, 0.25) is 0 Å². The Labute approximate surface area is 174 Å². The largest absolute Gasteiger partial charge is 0.364 e. The first-order valence-corrected chi connectivity index (χ1v) is 10.8. The zero-order chi connectivity index (χ0) is 20.4. The first kappa shape index (κ1) is 19.7. The Morgan fingerprint density at radius 1 is 1.21 bits per heavy atom. The molecule has 0 spiro atoms. The number of nitrogens with zero attached hydrogens (tertiary/aromatic N) is 2. The van der Waals surface area contributed by atoms with Gasteiger partial charge in [0.1, 0.15) is 11.8 Å². The fourth-order valence-corrected chi connectivity index (χ4v) is 5.37. The number of amides is 2. The Bertz CT molecular complexity index is 1000. The van der Waals surface area contributed by atoms with Crippen LogP contribution < -0.4 is 5.73 Å². The monoisotopic (exact) mass is 409 g/mol. The summed E-state index contributed by atoms with van der Waals surface area (Å²) in [5.74, 6) is -0.138. The van der Waals surface area contributed by atoms with E-state index in [1.54, 1.807) is 0 Å². The molecule has 2 amide bonds. The highest BCUT2D eigenvalue weighted by atomic mass is 32.2. The van der Waals surface area contributed by atoms with E-state index in [2.05, 4.69) is 9.97 Å². The molecule has 29 heavy (non-hydrogen) atoms. The summed E-state index contributed by atoms with van der Waals surface area (Å²) < 4.78 is 0.0899. The number of rotatable bonds is 6. The van der Waals surface area contributed by atoms with Gasteiger partial charge in [0.25, 0.3) is 5.91 Å². The van der Waals surface area contributed by atoms with Gasteiger partial charge in [-0.1, -0.05) is 54.2 Å². The predicted octanol–water partition coefficient (Wildman–Crippen LogP) is 3.41. The topological polar surface area (TPSA) is 88.8 Å². The number of nitrogens with two attached hydrogens (primary N) is 1. The third-order valence-corrected chi connectivity index (χ3v) is 6.89. The van der Waals surface area contributed by atoms with Crippen LogP contribution >= 0.6 is 11.8 Å². The molecule has 150 valence electrons. The van der Waals surface area contributed by atoms with Gasteiger partial charge in [-0.05, 0) is 19.1 Å². The van der Waals surface area contributed by atoms with E-state index in [-0.39, 0.29) is 22.2 Å². The molecule has 1 aromatic heterocycles. The summed E-state index contributed by atoms with van der Waals surface area (Å²) in [5.41, 5.74) is 8.62. The number of aromatic nitrogens is 2. The lowest BCUT2D eigenvalue weighted by atomic mass is 10.0. The summed E-state index contributed by atoms with van der Waals surface area (Å²) in [6, 6.07) is 17.1. The number of para-hydroxylation sites is 2. The number of quaternary nitrogens is 1. The molecule has 4 rings (SSSR count). The van der Waals surface area contributed by atoms with Crippen molar-refractivity contribution in [2.24, 2.45) is 5.73 Å². The molecule has 0 bridgehead atoms.